The van der Waals surface area contributed by atoms with Gasteiger partial charge in [0.1, 0.15) is 0 Å². The van der Waals surface area contributed by atoms with Gasteiger partial charge in [-0.2, -0.15) is 0 Å². The Morgan fingerprint density at radius 2 is 2.50 bits per heavy atom. The second-order valence-corrected chi connectivity index (χ2v) is 1.86. The van der Waals surface area contributed by atoms with Gasteiger partial charge in [-0.25, -0.2) is 0 Å². The van der Waals surface area contributed by atoms with Gasteiger partial charge in [-0.3, -0.25) is 4.79 Å². The van der Waals surface area contributed by atoms with Gasteiger partial charge in [0.15, 0.2) is 0 Å². The highest BCUT2D eigenvalue weighted by molar-refractivity contribution is 9.25. The van der Waals surface area contributed by atoms with Gasteiger partial charge in [0.05, 0.1) is 6.61 Å². The van der Waals surface area contributed by atoms with Crippen LogP contribution >= 0.6 is 15.8 Å². The van der Waals surface area contributed by atoms with Crippen LogP contribution in [0.5, 0.6) is 0 Å². The van der Waals surface area contributed by atoms with Crippen LogP contribution in [-0.2, 0) is 4.74 Å². The van der Waals surface area contributed by atoms with Crippen molar-refractivity contribution in [2.45, 2.75) is 6.92 Å². The lowest BCUT2D eigenvalue weighted by Gasteiger charge is -1.95. The summed E-state index contributed by atoms with van der Waals surface area (Å²) in [5.74, 6) is -2.55. The first-order valence-electron chi connectivity index (χ1n) is 2.13. The first-order valence-corrected chi connectivity index (χ1v) is 3.04. The Kier molecular flexibility index (Phi) is 3.86. The van der Waals surface area contributed by atoms with Crippen LogP contribution in [0.25, 0.3) is 0 Å². The largest absolute Gasteiger partial charge is 0.542 e. The van der Waals surface area contributed by atoms with Crippen molar-refractivity contribution >= 4 is 27.4 Å². The third-order valence-electron chi connectivity index (χ3n) is 0.465. The minimum Gasteiger partial charge on any atom is -0.470 e. The molecule has 0 unspecified atom stereocenters. The fourth-order valence-electron chi connectivity index (χ4n) is 0.205. The molecule has 0 aromatic carbocycles. The lowest BCUT2D eigenvalue weighted by Crippen LogP contribution is -2.14. The van der Waals surface area contributed by atoms with Crippen molar-refractivity contribution in [3.05, 3.63) is 0 Å². The molecule has 0 N–H and O–H groups in total. The number of hydrogen-bond acceptors (Lipinski definition) is 2. The van der Waals surface area contributed by atoms with Crippen molar-refractivity contribution in [1.29, 1.82) is 0 Å². The van der Waals surface area contributed by atoms with E-state index in [2.05, 4.69) is 20.5 Å². The van der Waals surface area contributed by atoms with Crippen molar-refractivity contribution in [2.75, 3.05) is 6.61 Å². The van der Waals surface area contributed by atoms with Gasteiger partial charge < -0.3 is 9.05 Å². The summed E-state index contributed by atoms with van der Waals surface area (Å²) in [4.78, 5) is 10.1. The monoisotopic (exact) mass is 182 g/mol. The maximum atomic E-state index is 11.7. The highest BCUT2D eigenvalue weighted by atomic mass is 79.9. The molecule has 0 amide bonds. The maximum Gasteiger partial charge on any atom is 0.542 e. The lowest BCUT2D eigenvalue weighted by atomic mass is 10.1. The van der Waals surface area contributed by atoms with E-state index in [1.165, 1.54) is 0 Å². The van der Waals surface area contributed by atoms with Crippen LogP contribution in [0.1, 0.15) is 6.92 Å². The van der Waals surface area contributed by atoms with Crippen molar-refractivity contribution in [1.82, 2.24) is 0 Å². The van der Waals surface area contributed by atoms with Crippen LogP contribution in [0.15, 0.2) is 0 Å². The highest BCUT2D eigenvalue weighted by Gasteiger charge is 2.21. The van der Waals surface area contributed by atoms with E-state index in [4.69, 9.17) is 0 Å². The van der Waals surface area contributed by atoms with E-state index in [1.807, 2.05) is 0 Å². The van der Waals surface area contributed by atoms with Gasteiger partial charge in [-0.1, -0.05) is 15.8 Å². The molecule has 0 atom stereocenters. The molecule has 0 spiro atoms. The highest BCUT2D eigenvalue weighted by Crippen LogP contribution is 1.98. The number of hydrogen-bond donors (Lipinski definition) is 0. The predicted octanol–water partition coefficient (Wildman–Crippen LogP) is 1.58. The predicted molar refractivity (Wildman–Crippen MR) is 32.8 cm³/mol. The molecule has 0 saturated heterocycles. The maximum absolute atomic E-state index is 11.7. The summed E-state index contributed by atoms with van der Waals surface area (Å²) in [6, 6.07) is 0. The fraction of sp³-hybridized carbons (Fsp3) is 0.667. The average Bonchev–Trinajstić information content (AvgIpc) is 1.67. The number of carbonyl (C=O) groups is 1. The zero-order valence-electron chi connectivity index (χ0n) is 4.36. The molecule has 0 bridgehead atoms. The molecule has 5 heteroatoms. The molecule has 0 radical (unpaired) electrons. The summed E-state index contributed by atoms with van der Waals surface area (Å²) in [6.45, 7) is 1.83. The van der Waals surface area contributed by atoms with E-state index in [1.54, 1.807) is 6.92 Å². The summed E-state index contributed by atoms with van der Waals surface area (Å²) in [5.41, 5.74) is 0. The van der Waals surface area contributed by atoms with E-state index < -0.39 is 11.7 Å². The van der Waals surface area contributed by atoms with Gasteiger partial charge in [0.25, 0.3) is 0 Å². The van der Waals surface area contributed by atoms with E-state index in [-0.39, 0.29) is 6.61 Å². The van der Waals surface area contributed by atoms with E-state index in [0.717, 1.165) is 0 Å². The van der Waals surface area contributed by atoms with Crippen LogP contribution in [0.4, 0.5) is 9.11 Å². The molecule has 0 aromatic rings. The second-order valence-electron chi connectivity index (χ2n) is 1.05. The standard InChI is InChI=1S/C3H5BBrFO2/c1-2-8-3(7)4(5)6/h2H2,1H3. The quantitative estimate of drug-likeness (QED) is 0.607. The fourth-order valence-corrected chi connectivity index (χ4v) is 0.337. The van der Waals surface area contributed by atoms with Crippen LogP contribution in [0.2, 0.25) is 0 Å². The van der Waals surface area contributed by atoms with Crippen LogP contribution in [0.3, 0.4) is 0 Å². The smallest absolute Gasteiger partial charge is 0.470 e. The number of ether oxygens (including phenoxy) is 1. The molecule has 0 aliphatic heterocycles. The molecule has 8 heavy (non-hydrogen) atoms. The Morgan fingerprint density at radius 3 is 2.62 bits per heavy atom. The van der Waals surface area contributed by atoms with Crippen molar-refractivity contribution in [2.24, 2.45) is 0 Å². The molecule has 2 nitrogen and oxygen atoms in total. The minimum atomic E-state index is -1.68. The Balaban J connectivity index is 3.33. The molecule has 0 aliphatic rings. The third kappa shape index (κ3) is 3.01. The van der Waals surface area contributed by atoms with Crippen molar-refractivity contribution < 1.29 is 13.8 Å². The average molecular weight is 183 g/mol. The molecule has 0 saturated carbocycles. The van der Waals surface area contributed by atoms with E-state index in [0.29, 0.717) is 0 Å². The zero-order valence-corrected chi connectivity index (χ0v) is 5.94. The van der Waals surface area contributed by atoms with Gasteiger partial charge >= 0.3 is 11.7 Å². The second kappa shape index (κ2) is 3.89. The molecule has 0 aromatic heterocycles. The lowest BCUT2D eigenvalue weighted by molar-refractivity contribution is 0.177. The molecule has 46 valence electrons. The minimum absolute atomic E-state index is 0.213. The van der Waals surface area contributed by atoms with Crippen LogP contribution in [0, 0.1) is 0 Å². The first kappa shape index (κ1) is 7.94. The summed E-state index contributed by atoms with van der Waals surface area (Å²) < 4.78 is 16.0. The summed E-state index contributed by atoms with van der Waals surface area (Å²) in [5, 5.41) is 0. The van der Waals surface area contributed by atoms with Gasteiger partial charge in [-0.05, 0) is 6.92 Å². The third-order valence-corrected chi connectivity index (χ3v) is 0.839. The van der Waals surface area contributed by atoms with Gasteiger partial charge in [0.2, 0.25) is 0 Å². The molecule has 0 aliphatic carbocycles. The Hall–Kier alpha value is -0.0551. The Labute approximate surface area is 55.5 Å². The van der Waals surface area contributed by atoms with Gasteiger partial charge in [-0.15, -0.1) is 0 Å². The van der Waals surface area contributed by atoms with E-state index in [9.17, 15) is 9.11 Å². The SMILES string of the molecule is CCOC(=O)B(F)Br. The number of rotatable bonds is 2. The van der Waals surface area contributed by atoms with Crippen molar-refractivity contribution in [3.63, 3.8) is 0 Å². The zero-order chi connectivity index (χ0) is 6.57. The van der Waals surface area contributed by atoms with Crippen molar-refractivity contribution in [3.8, 4) is 0 Å². The van der Waals surface area contributed by atoms with Gasteiger partial charge in [0, 0.05) is 0 Å². The first-order chi connectivity index (χ1) is 3.68. The molecular weight excluding hydrogens is 178 g/mol. The summed E-state index contributed by atoms with van der Waals surface area (Å²) in [6.07, 6.45) is 0. The van der Waals surface area contributed by atoms with Crippen LogP contribution in [-0.4, -0.2) is 18.3 Å². The normalized spacial score (nSPS) is 8.38. The molecule has 0 heterocycles. The number of halogens is 2. The Morgan fingerprint density at radius 1 is 2.00 bits per heavy atom. The molecule has 0 fully saturated rings. The topological polar surface area (TPSA) is 26.3 Å². The Bertz CT molecular complexity index is 87.4. The molecule has 0 rings (SSSR count). The molecular formula is C3H5BBrFO2. The van der Waals surface area contributed by atoms with E-state index >= 15 is 0 Å². The number of carbonyl (C=O) groups excluding carboxylic acids is 1. The summed E-state index contributed by atoms with van der Waals surface area (Å²) >= 11 is 2.40. The summed E-state index contributed by atoms with van der Waals surface area (Å²) in [7, 11) is 0. The van der Waals surface area contributed by atoms with Crippen LogP contribution < -0.4 is 0 Å².